The highest BCUT2D eigenvalue weighted by Crippen LogP contribution is 2.16. The van der Waals surface area contributed by atoms with Gasteiger partial charge in [0.15, 0.2) is 0 Å². The van der Waals surface area contributed by atoms with Gasteiger partial charge in [-0.3, -0.25) is 0 Å². The molecule has 0 aliphatic carbocycles. The molecular formula is C16H30N2O2. The maximum Gasteiger partial charge on any atom is 0.410 e. The topological polar surface area (TPSA) is 41.6 Å². The molecule has 1 fully saturated rings. The number of nitrogens with one attached hydrogen (secondary N) is 1. The second-order valence-electron chi connectivity index (χ2n) is 6.69. The summed E-state index contributed by atoms with van der Waals surface area (Å²) in [5.41, 5.74) is -0.417. The van der Waals surface area contributed by atoms with Crippen molar-refractivity contribution in [3.8, 4) is 0 Å². The van der Waals surface area contributed by atoms with E-state index in [9.17, 15) is 4.79 Å². The summed E-state index contributed by atoms with van der Waals surface area (Å²) in [7, 11) is 0. The highest BCUT2D eigenvalue weighted by molar-refractivity contribution is 5.68. The van der Waals surface area contributed by atoms with Gasteiger partial charge < -0.3 is 15.0 Å². The summed E-state index contributed by atoms with van der Waals surface area (Å²) in [6, 6.07) is 0.933. The number of nitrogens with zero attached hydrogens (tertiary/aromatic N) is 1. The largest absolute Gasteiger partial charge is 0.444 e. The summed E-state index contributed by atoms with van der Waals surface area (Å²) >= 11 is 0. The molecule has 1 N–H and O–H groups in total. The number of carbonyl (C=O) groups excluding carboxylic acids is 1. The van der Waals surface area contributed by atoms with Gasteiger partial charge in [-0.25, -0.2) is 4.79 Å². The Morgan fingerprint density at radius 2 is 2.15 bits per heavy atom. The Hall–Kier alpha value is -1.03. The molecule has 0 saturated carbocycles. The van der Waals surface area contributed by atoms with Gasteiger partial charge in [-0.05, 0) is 53.4 Å². The lowest BCUT2D eigenvalue weighted by molar-refractivity contribution is 0.0256. The molecule has 4 heteroatoms. The predicted molar refractivity (Wildman–Crippen MR) is 82.9 cm³/mol. The molecule has 1 rings (SSSR count). The van der Waals surface area contributed by atoms with Crippen LogP contribution in [0.3, 0.4) is 0 Å². The molecule has 0 aromatic rings. The van der Waals surface area contributed by atoms with Crippen molar-refractivity contribution in [3.05, 3.63) is 12.7 Å². The normalized spacial score (nSPS) is 22.0. The summed E-state index contributed by atoms with van der Waals surface area (Å²) in [4.78, 5) is 13.9. The van der Waals surface area contributed by atoms with E-state index >= 15 is 0 Å². The van der Waals surface area contributed by atoms with Crippen molar-refractivity contribution >= 4 is 6.09 Å². The quantitative estimate of drug-likeness (QED) is 0.804. The van der Waals surface area contributed by atoms with Crippen LogP contribution < -0.4 is 5.32 Å². The minimum Gasteiger partial charge on any atom is -0.444 e. The van der Waals surface area contributed by atoms with Crippen molar-refractivity contribution in [2.75, 3.05) is 13.1 Å². The molecule has 1 aliphatic heterocycles. The molecule has 0 bridgehead atoms. The Balaban J connectivity index is 2.42. The van der Waals surface area contributed by atoms with Crippen LogP contribution in [0.25, 0.3) is 0 Å². The van der Waals surface area contributed by atoms with Gasteiger partial charge in [-0.1, -0.05) is 6.08 Å². The molecule has 1 saturated heterocycles. The average Bonchev–Trinajstić information content (AvgIpc) is 2.52. The molecule has 0 spiro atoms. The first kappa shape index (κ1) is 17.0. The second-order valence-corrected chi connectivity index (χ2v) is 6.69. The Bertz CT molecular complexity index is 323. The molecule has 1 heterocycles. The van der Waals surface area contributed by atoms with Crippen LogP contribution in [0, 0.1) is 0 Å². The number of rotatable bonds is 4. The van der Waals surface area contributed by atoms with E-state index in [2.05, 4.69) is 18.8 Å². The van der Waals surface area contributed by atoms with Gasteiger partial charge in [0.1, 0.15) is 5.60 Å². The van der Waals surface area contributed by atoms with Crippen LogP contribution in [0.5, 0.6) is 0 Å². The smallest absolute Gasteiger partial charge is 0.410 e. The SMILES string of the molecule is C=CCC(C)NC1CCCN(C(=O)OC(C)(C)C)CC1. The molecule has 20 heavy (non-hydrogen) atoms. The van der Waals surface area contributed by atoms with E-state index in [0.717, 1.165) is 38.8 Å². The van der Waals surface area contributed by atoms with Crippen molar-refractivity contribution in [2.24, 2.45) is 0 Å². The minimum atomic E-state index is -0.417. The Morgan fingerprint density at radius 1 is 1.45 bits per heavy atom. The van der Waals surface area contributed by atoms with Gasteiger partial charge in [0.05, 0.1) is 0 Å². The van der Waals surface area contributed by atoms with E-state index < -0.39 is 5.60 Å². The van der Waals surface area contributed by atoms with Crippen molar-refractivity contribution in [1.29, 1.82) is 0 Å². The molecule has 0 radical (unpaired) electrons. The van der Waals surface area contributed by atoms with Crippen molar-refractivity contribution in [1.82, 2.24) is 10.2 Å². The summed E-state index contributed by atoms with van der Waals surface area (Å²) in [5, 5.41) is 3.62. The summed E-state index contributed by atoms with van der Waals surface area (Å²) < 4.78 is 5.44. The molecule has 2 unspecified atom stereocenters. The van der Waals surface area contributed by atoms with E-state index in [1.165, 1.54) is 0 Å². The first-order chi connectivity index (χ1) is 9.31. The van der Waals surface area contributed by atoms with Crippen LogP contribution in [0.15, 0.2) is 12.7 Å². The Labute approximate surface area is 123 Å². The van der Waals surface area contributed by atoms with Crippen molar-refractivity contribution in [3.63, 3.8) is 0 Å². The van der Waals surface area contributed by atoms with Crippen LogP contribution in [-0.2, 0) is 4.74 Å². The van der Waals surface area contributed by atoms with Crippen molar-refractivity contribution < 1.29 is 9.53 Å². The van der Waals surface area contributed by atoms with Crippen LogP contribution in [0.4, 0.5) is 4.79 Å². The third kappa shape index (κ3) is 6.42. The zero-order valence-electron chi connectivity index (χ0n) is 13.4. The molecular weight excluding hydrogens is 252 g/mol. The number of likely N-dealkylation sites (tertiary alicyclic amines) is 1. The molecule has 0 aromatic heterocycles. The molecule has 1 aliphatic rings. The van der Waals surface area contributed by atoms with Gasteiger partial charge in [0.2, 0.25) is 0 Å². The maximum atomic E-state index is 12.1. The van der Waals surface area contributed by atoms with Gasteiger partial charge in [-0.15, -0.1) is 6.58 Å². The Kier molecular flexibility index (Phi) is 6.53. The van der Waals surface area contributed by atoms with Crippen LogP contribution in [0.2, 0.25) is 0 Å². The van der Waals surface area contributed by atoms with Gasteiger partial charge in [-0.2, -0.15) is 0 Å². The third-order valence-corrected chi connectivity index (χ3v) is 3.42. The number of ether oxygens (including phenoxy) is 1. The monoisotopic (exact) mass is 282 g/mol. The number of hydrogen-bond acceptors (Lipinski definition) is 3. The summed E-state index contributed by atoms with van der Waals surface area (Å²) in [5.74, 6) is 0. The molecule has 4 nitrogen and oxygen atoms in total. The lowest BCUT2D eigenvalue weighted by atomic mass is 10.1. The Morgan fingerprint density at radius 3 is 2.75 bits per heavy atom. The lowest BCUT2D eigenvalue weighted by Crippen LogP contribution is -2.39. The maximum absolute atomic E-state index is 12.1. The van der Waals surface area contributed by atoms with Crippen LogP contribution in [-0.4, -0.2) is 41.8 Å². The summed E-state index contributed by atoms with van der Waals surface area (Å²) in [6.07, 6.45) is 5.87. The average molecular weight is 282 g/mol. The molecule has 2 atom stereocenters. The standard InChI is InChI=1S/C16H30N2O2/c1-6-8-13(2)17-14-9-7-11-18(12-10-14)15(19)20-16(3,4)5/h6,13-14,17H,1,7-12H2,2-5H3. The van der Waals surface area contributed by atoms with Gasteiger partial charge in [0, 0.05) is 25.2 Å². The highest BCUT2D eigenvalue weighted by Gasteiger charge is 2.25. The van der Waals surface area contributed by atoms with E-state index in [0.29, 0.717) is 12.1 Å². The van der Waals surface area contributed by atoms with Gasteiger partial charge in [0.25, 0.3) is 0 Å². The fourth-order valence-electron chi connectivity index (χ4n) is 2.49. The molecule has 0 aromatic carbocycles. The van der Waals surface area contributed by atoms with Crippen LogP contribution in [0.1, 0.15) is 53.4 Å². The van der Waals surface area contributed by atoms with E-state index in [4.69, 9.17) is 4.74 Å². The second kappa shape index (κ2) is 7.67. The highest BCUT2D eigenvalue weighted by atomic mass is 16.6. The number of carbonyl (C=O) groups is 1. The number of hydrogen-bond donors (Lipinski definition) is 1. The zero-order valence-corrected chi connectivity index (χ0v) is 13.4. The van der Waals surface area contributed by atoms with Crippen LogP contribution >= 0.6 is 0 Å². The zero-order chi connectivity index (χ0) is 15.2. The third-order valence-electron chi connectivity index (χ3n) is 3.42. The van der Waals surface area contributed by atoms with Crippen molar-refractivity contribution in [2.45, 2.75) is 71.1 Å². The van der Waals surface area contributed by atoms with Gasteiger partial charge >= 0.3 is 6.09 Å². The number of amides is 1. The summed E-state index contributed by atoms with van der Waals surface area (Å²) in [6.45, 7) is 13.2. The fourth-order valence-corrected chi connectivity index (χ4v) is 2.49. The van der Waals surface area contributed by atoms with E-state index in [1.807, 2.05) is 31.7 Å². The fraction of sp³-hybridized carbons (Fsp3) is 0.812. The lowest BCUT2D eigenvalue weighted by Gasteiger charge is -2.26. The van der Waals surface area contributed by atoms with E-state index in [-0.39, 0.29) is 6.09 Å². The molecule has 116 valence electrons. The first-order valence-corrected chi connectivity index (χ1v) is 7.66. The minimum absolute atomic E-state index is 0.183. The predicted octanol–water partition coefficient (Wildman–Crippen LogP) is 3.33. The molecule has 1 amide bonds. The van der Waals surface area contributed by atoms with E-state index in [1.54, 1.807) is 0 Å². The first-order valence-electron chi connectivity index (χ1n) is 7.66.